The molecule has 0 saturated carbocycles. The zero-order valence-corrected chi connectivity index (χ0v) is 40.2. The number of nitrogens with one attached hydrogen (secondary N) is 3. The Hall–Kier alpha value is -4.03. The van der Waals surface area contributed by atoms with Gasteiger partial charge in [0.1, 0.15) is 36.8 Å². The van der Waals surface area contributed by atoms with Crippen molar-refractivity contribution in [1.29, 1.82) is 0 Å². The Morgan fingerprint density at radius 2 is 1.48 bits per heavy atom. The number of hydrogen-bond acceptors (Lipinski definition) is 16. The molecule has 5 saturated heterocycles. The summed E-state index contributed by atoms with van der Waals surface area (Å²) in [6.45, 7) is 14.1. The third kappa shape index (κ3) is 10.5. The molecule has 11 unspecified atom stereocenters. The second-order valence-corrected chi connectivity index (χ2v) is 20.0. The Balaban J connectivity index is 1.62. The van der Waals surface area contributed by atoms with Gasteiger partial charge in [-0.3, -0.25) is 49.2 Å². The van der Waals surface area contributed by atoms with E-state index >= 15 is 4.79 Å². The topological polar surface area (TPSA) is 280 Å². The summed E-state index contributed by atoms with van der Waals surface area (Å²) < 4.78 is 18.2. The molecule has 0 aliphatic carbocycles. The number of methoxy groups -OCH3 is 1. The number of nitrogens with zero attached hydrogens (tertiary/aromatic N) is 5. The molecule has 5 rings (SSSR count). The summed E-state index contributed by atoms with van der Waals surface area (Å²) in [6, 6.07) is -8.18. The van der Waals surface area contributed by atoms with Crippen molar-refractivity contribution in [3.05, 3.63) is 0 Å². The number of aliphatic hydroxyl groups is 2. The molecule has 5 heterocycles. The van der Waals surface area contributed by atoms with Crippen molar-refractivity contribution in [2.75, 3.05) is 33.3 Å². The van der Waals surface area contributed by atoms with Gasteiger partial charge in [0.05, 0.1) is 11.7 Å². The zero-order chi connectivity index (χ0) is 49.2. The third-order valence-electron chi connectivity index (χ3n) is 14.0. The summed E-state index contributed by atoms with van der Waals surface area (Å²) in [4.78, 5) is 102. The van der Waals surface area contributed by atoms with Gasteiger partial charge in [-0.2, -0.15) is 0 Å². The lowest BCUT2D eigenvalue weighted by Gasteiger charge is -2.49. The maximum absolute atomic E-state index is 15.2. The average molecular weight is 939 g/mol. The molecular weight excluding hydrogens is 865 g/mol. The minimum Gasteiger partial charge on any atom is -0.458 e. The number of hydrogen-bond donors (Lipinski definition) is 7. The Morgan fingerprint density at radius 1 is 0.879 bits per heavy atom. The molecule has 0 radical (unpaired) electrons. The Kier molecular flexibility index (Phi) is 16.9. The second kappa shape index (κ2) is 21.1. The first kappa shape index (κ1) is 52.9. The molecule has 5 aliphatic heterocycles. The fourth-order valence-electron chi connectivity index (χ4n) is 10.1. The van der Waals surface area contributed by atoms with E-state index in [0.29, 0.717) is 31.6 Å². The number of carbonyl (C=O) groups excluding carboxylic acids is 7. The van der Waals surface area contributed by atoms with Crippen LogP contribution in [0.4, 0.5) is 0 Å². The van der Waals surface area contributed by atoms with Gasteiger partial charge in [0.15, 0.2) is 11.6 Å². The molecular formula is C44H74N8O14. The first-order valence-corrected chi connectivity index (χ1v) is 23.5. The SMILES string of the molecule is CCC1OC(O)(C(C)(OC)C(=O)NC2C(=O)N3NCCCC3C(=O)N(O)CC(=O)N3NCCCC3C(=O)N3CCC(C)(O)C3C(=O)N(O)C(C(C)C)C(=O)OC2C(C)C)CCC1CC(C)C. The average Bonchev–Trinajstić information content (AvgIpc) is 3.59. The van der Waals surface area contributed by atoms with Crippen LogP contribution in [0, 0.1) is 23.7 Å². The molecule has 6 amide bonds. The fourth-order valence-corrected chi connectivity index (χ4v) is 10.1. The largest absolute Gasteiger partial charge is 0.458 e. The Bertz CT molecular complexity index is 1820. The van der Waals surface area contributed by atoms with Gasteiger partial charge in [-0.25, -0.2) is 25.8 Å². The molecule has 5 fully saturated rings. The summed E-state index contributed by atoms with van der Waals surface area (Å²) in [6.07, 6.45) is 0.411. The number of ether oxygens (including phenoxy) is 3. The summed E-state index contributed by atoms with van der Waals surface area (Å²) in [5.74, 6) is -10.8. The van der Waals surface area contributed by atoms with E-state index in [9.17, 15) is 49.4 Å². The first-order chi connectivity index (χ1) is 30.8. The van der Waals surface area contributed by atoms with Crippen LogP contribution in [0.3, 0.4) is 0 Å². The lowest BCUT2D eigenvalue weighted by atomic mass is 9.78. The van der Waals surface area contributed by atoms with Crippen molar-refractivity contribution in [2.45, 2.75) is 180 Å². The molecule has 5 aliphatic rings. The van der Waals surface area contributed by atoms with Gasteiger partial charge >= 0.3 is 5.97 Å². The van der Waals surface area contributed by atoms with Gasteiger partial charge in [-0.05, 0) is 88.9 Å². The van der Waals surface area contributed by atoms with Crippen LogP contribution in [0.2, 0.25) is 0 Å². The van der Waals surface area contributed by atoms with Crippen LogP contribution in [0.25, 0.3) is 0 Å². The monoisotopic (exact) mass is 939 g/mol. The molecule has 0 bridgehead atoms. The van der Waals surface area contributed by atoms with Crippen LogP contribution in [-0.4, -0.2) is 180 Å². The molecule has 0 aromatic carbocycles. The highest BCUT2D eigenvalue weighted by Crippen LogP contribution is 2.43. The zero-order valence-electron chi connectivity index (χ0n) is 40.2. The van der Waals surface area contributed by atoms with Gasteiger partial charge in [0.2, 0.25) is 11.7 Å². The predicted octanol–water partition coefficient (Wildman–Crippen LogP) is 0.201. The summed E-state index contributed by atoms with van der Waals surface area (Å²) >= 11 is 0. The minimum absolute atomic E-state index is 0.0177. The van der Waals surface area contributed by atoms with Crippen molar-refractivity contribution >= 4 is 41.4 Å². The van der Waals surface area contributed by atoms with Crippen LogP contribution in [0.1, 0.15) is 120 Å². The van der Waals surface area contributed by atoms with Crippen molar-refractivity contribution in [2.24, 2.45) is 23.7 Å². The molecule has 0 aromatic rings. The molecule has 374 valence electrons. The van der Waals surface area contributed by atoms with E-state index in [-0.39, 0.29) is 61.4 Å². The smallest absolute Gasteiger partial charge is 0.332 e. The fraction of sp³-hybridized carbons (Fsp3) is 0.841. The van der Waals surface area contributed by atoms with Gasteiger partial charge in [-0.1, -0.05) is 48.5 Å². The van der Waals surface area contributed by atoms with Crippen molar-refractivity contribution in [3.63, 3.8) is 0 Å². The quantitative estimate of drug-likeness (QED) is 0.120. The minimum atomic E-state index is -2.22. The number of cyclic esters (lactones) is 1. The van der Waals surface area contributed by atoms with E-state index in [0.717, 1.165) is 21.3 Å². The third-order valence-corrected chi connectivity index (χ3v) is 14.0. The van der Waals surface area contributed by atoms with Crippen molar-refractivity contribution in [3.8, 4) is 0 Å². The number of hydroxylamine groups is 4. The molecule has 22 heteroatoms. The highest BCUT2D eigenvalue weighted by Gasteiger charge is 2.60. The Morgan fingerprint density at radius 3 is 2.05 bits per heavy atom. The lowest BCUT2D eigenvalue weighted by molar-refractivity contribution is -0.333. The van der Waals surface area contributed by atoms with Crippen LogP contribution in [0.15, 0.2) is 0 Å². The number of fused-ring (bicyclic) bond motifs is 3. The maximum atomic E-state index is 15.2. The Labute approximate surface area is 386 Å². The second-order valence-electron chi connectivity index (χ2n) is 20.0. The van der Waals surface area contributed by atoms with E-state index in [4.69, 9.17) is 14.2 Å². The van der Waals surface area contributed by atoms with Gasteiger partial charge in [0, 0.05) is 33.2 Å². The normalized spacial score (nSPS) is 34.7. The number of carbonyl (C=O) groups is 7. The molecule has 22 nitrogen and oxygen atoms in total. The number of rotatable bonds is 9. The molecule has 0 aromatic heterocycles. The van der Waals surface area contributed by atoms with E-state index in [2.05, 4.69) is 30.0 Å². The summed E-state index contributed by atoms with van der Waals surface area (Å²) in [5, 5.41) is 51.6. The highest BCUT2D eigenvalue weighted by atomic mass is 16.7. The van der Waals surface area contributed by atoms with Crippen molar-refractivity contribution in [1.82, 2.24) is 41.2 Å². The standard InChI is InChI=1S/C44H74N8O14/c1-11-30-27(22-24(2)3)16-17-44(61,66-30)43(9,64-10)41(59)47-32-34(26(6)7)65-40(58)33(25(4)5)52(63)39(57)35-42(8,60)18-21-48(35)36(54)28-14-12-19-45-50(28)31(53)23-49(62)37(55)29-15-13-20-46-51(29)38(32)56/h24-30,32-35,45-46,60-63H,11-23H2,1-10H3,(H,47,59). The maximum Gasteiger partial charge on any atom is 0.332 e. The van der Waals surface area contributed by atoms with Crippen LogP contribution in [0.5, 0.6) is 0 Å². The van der Waals surface area contributed by atoms with E-state index in [1.807, 2.05) is 6.92 Å². The molecule has 7 N–H and O–H groups in total. The lowest BCUT2D eigenvalue weighted by Crippen LogP contribution is -2.71. The summed E-state index contributed by atoms with van der Waals surface area (Å²) in [5.41, 5.74) is 1.60. The van der Waals surface area contributed by atoms with Gasteiger partial charge in [-0.15, -0.1) is 0 Å². The first-order valence-electron chi connectivity index (χ1n) is 23.5. The number of amides is 6. The van der Waals surface area contributed by atoms with Crippen LogP contribution >= 0.6 is 0 Å². The van der Waals surface area contributed by atoms with Gasteiger partial charge < -0.3 is 34.6 Å². The van der Waals surface area contributed by atoms with E-state index in [1.165, 1.54) is 34.8 Å². The predicted molar refractivity (Wildman–Crippen MR) is 232 cm³/mol. The van der Waals surface area contributed by atoms with Gasteiger partial charge in [0.25, 0.3) is 29.5 Å². The van der Waals surface area contributed by atoms with Crippen LogP contribution < -0.4 is 16.2 Å². The summed E-state index contributed by atoms with van der Waals surface area (Å²) in [7, 11) is 1.20. The van der Waals surface area contributed by atoms with Crippen molar-refractivity contribution < 1.29 is 68.4 Å². The molecule has 66 heavy (non-hydrogen) atoms. The molecule has 11 atom stereocenters. The van der Waals surface area contributed by atoms with E-state index in [1.54, 1.807) is 13.8 Å². The molecule has 0 spiro atoms. The van der Waals surface area contributed by atoms with E-state index < -0.39 is 119 Å². The number of hydrazine groups is 2. The highest BCUT2D eigenvalue weighted by molar-refractivity contribution is 5.97. The van der Waals surface area contributed by atoms with Crippen LogP contribution in [-0.2, 0) is 47.8 Å². The number of esters is 1.